The fourth-order valence-electron chi connectivity index (χ4n) is 2.55. The summed E-state index contributed by atoms with van der Waals surface area (Å²) < 4.78 is 11.4. The van der Waals surface area contributed by atoms with E-state index in [2.05, 4.69) is 17.1 Å². The molecule has 0 aliphatic rings. The summed E-state index contributed by atoms with van der Waals surface area (Å²) in [5, 5.41) is 2.96. The first-order valence-electron chi connectivity index (χ1n) is 9.24. The number of hydrogen-bond acceptors (Lipinski definition) is 4. The smallest absolute Gasteiger partial charge is 0.256 e. The number of nitrogens with one attached hydrogen (secondary N) is 1. The molecule has 1 unspecified atom stereocenters. The normalized spacial score (nSPS) is 13.5. The maximum absolute atomic E-state index is 12.6. The molecule has 1 N–H and O–H groups in total. The van der Waals surface area contributed by atoms with Gasteiger partial charge in [-0.1, -0.05) is 19.8 Å². The van der Waals surface area contributed by atoms with E-state index < -0.39 is 5.60 Å². The van der Waals surface area contributed by atoms with Gasteiger partial charge in [0.05, 0.1) is 6.61 Å². The van der Waals surface area contributed by atoms with Crippen LogP contribution in [-0.4, -0.2) is 50.3 Å². The Labute approximate surface area is 152 Å². The minimum Gasteiger partial charge on any atom is -0.494 e. The molecular formula is C20H34N2O3. The zero-order chi connectivity index (χ0) is 18.7. The molecule has 0 spiro atoms. The average molecular weight is 351 g/mol. The number of rotatable bonds is 12. The molecule has 0 aliphatic carbocycles. The summed E-state index contributed by atoms with van der Waals surface area (Å²) in [4.78, 5) is 14.8. The minimum atomic E-state index is -0.786. The highest BCUT2D eigenvalue weighted by Gasteiger charge is 2.33. The lowest BCUT2D eigenvalue weighted by molar-refractivity contribution is -0.139. The zero-order valence-electron chi connectivity index (χ0n) is 16.4. The predicted molar refractivity (Wildman–Crippen MR) is 103 cm³/mol. The highest BCUT2D eigenvalue weighted by atomic mass is 16.5. The lowest BCUT2D eigenvalue weighted by Crippen LogP contribution is -2.42. The largest absolute Gasteiger partial charge is 0.494 e. The lowest BCUT2D eigenvalue weighted by atomic mass is 9.97. The fourth-order valence-corrected chi connectivity index (χ4v) is 2.55. The first-order valence-corrected chi connectivity index (χ1v) is 9.24. The van der Waals surface area contributed by atoms with E-state index in [-0.39, 0.29) is 5.91 Å². The van der Waals surface area contributed by atoms with Crippen LogP contribution >= 0.6 is 0 Å². The minimum absolute atomic E-state index is 0.0950. The summed E-state index contributed by atoms with van der Waals surface area (Å²) >= 11 is 0. The molecule has 0 aromatic heterocycles. The molecule has 25 heavy (non-hydrogen) atoms. The van der Waals surface area contributed by atoms with Crippen molar-refractivity contribution in [3.8, 4) is 5.75 Å². The Hall–Kier alpha value is -1.59. The molecule has 0 aliphatic heterocycles. The molecule has 0 bridgehead atoms. The van der Waals surface area contributed by atoms with E-state index in [1.807, 2.05) is 52.2 Å². The number of carbonyl (C=O) groups excluding carboxylic acids is 1. The second-order valence-electron chi connectivity index (χ2n) is 6.75. The number of nitrogens with zero attached hydrogens (tertiary/aromatic N) is 1. The van der Waals surface area contributed by atoms with Crippen molar-refractivity contribution in [3.05, 3.63) is 24.3 Å². The van der Waals surface area contributed by atoms with Crippen LogP contribution < -0.4 is 10.1 Å². The molecule has 5 nitrogen and oxygen atoms in total. The van der Waals surface area contributed by atoms with Crippen LogP contribution in [0.15, 0.2) is 24.3 Å². The van der Waals surface area contributed by atoms with Gasteiger partial charge in [-0.05, 0) is 65.0 Å². The molecule has 0 saturated carbocycles. The van der Waals surface area contributed by atoms with Gasteiger partial charge in [0.25, 0.3) is 5.91 Å². The van der Waals surface area contributed by atoms with E-state index in [1.54, 1.807) is 0 Å². The van der Waals surface area contributed by atoms with Crippen molar-refractivity contribution in [2.45, 2.75) is 52.1 Å². The van der Waals surface area contributed by atoms with Gasteiger partial charge in [-0.15, -0.1) is 0 Å². The van der Waals surface area contributed by atoms with E-state index in [0.29, 0.717) is 13.2 Å². The second kappa shape index (κ2) is 11.1. The number of anilines is 1. The third-order valence-corrected chi connectivity index (χ3v) is 4.08. The number of amides is 1. The van der Waals surface area contributed by atoms with Crippen LogP contribution in [0.5, 0.6) is 5.75 Å². The van der Waals surface area contributed by atoms with Crippen molar-refractivity contribution in [1.82, 2.24) is 4.90 Å². The van der Waals surface area contributed by atoms with E-state index >= 15 is 0 Å². The summed E-state index contributed by atoms with van der Waals surface area (Å²) in [6.07, 6.45) is 3.70. The van der Waals surface area contributed by atoms with Crippen molar-refractivity contribution in [2.75, 3.05) is 39.2 Å². The van der Waals surface area contributed by atoms with Gasteiger partial charge in [0, 0.05) is 18.8 Å². The van der Waals surface area contributed by atoms with E-state index in [4.69, 9.17) is 9.47 Å². The number of carbonyl (C=O) groups is 1. The molecule has 0 heterocycles. The van der Waals surface area contributed by atoms with Crippen molar-refractivity contribution >= 4 is 11.6 Å². The fraction of sp³-hybridized carbons (Fsp3) is 0.650. The number of benzene rings is 1. The van der Waals surface area contributed by atoms with Crippen molar-refractivity contribution in [1.29, 1.82) is 0 Å². The predicted octanol–water partition coefficient (Wildman–Crippen LogP) is 3.94. The SMILES string of the molecule is CCCCC(C)(OCC)C(=O)Nc1ccc(OCCCN(C)C)cc1. The molecule has 1 atom stereocenters. The van der Waals surface area contributed by atoms with Crippen molar-refractivity contribution in [2.24, 2.45) is 0 Å². The van der Waals surface area contributed by atoms with Crippen LogP contribution in [0.4, 0.5) is 5.69 Å². The highest BCUT2D eigenvalue weighted by Crippen LogP contribution is 2.23. The zero-order valence-corrected chi connectivity index (χ0v) is 16.4. The molecule has 0 radical (unpaired) electrons. The molecule has 1 aromatic rings. The maximum Gasteiger partial charge on any atom is 0.256 e. The van der Waals surface area contributed by atoms with Gasteiger partial charge < -0.3 is 19.7 Å². The first kappa shape index (κ1) is 21.5. The lowest BCUT2D eigenvalue weighted by Gasteiger charge is -2.28. The van der Waals surface area contributed by atoms with Crippen LogP contribution in [0.2, 0.25) is 0 Å². The summed E-state index contributed by atoms with van der Waals surface area (Å²) in [6.45, 7) is 8.10. The van der Waals surface area contributed by atoms with Crippen LogP contribution in [0, 0.1) is 0 Å². The van der Waals surface area contributed by atoms with Crippen LogP contribution in [0.25, 0.3) is 0 Å². The Morgan fingerprint density at radius 1 is 1.16 bits per heavy atom. The Kier molecular flexibility index (Phi) is 9.53. The second-order valence-corrected chi connectivity index (χ2v) is 6.75. The van der Waals surface area contributed by atoms with Gasteiger partial charge in [0.15, 0.2) is 0 Å². The monoisotopic (exact) mass is 350 g/mol. The van der Waals surface area contributed by atoms with Gasteiger partial charge in [0.1, 0.15) is 11.4 Å². The Morgan fingerprint density at radius 3 is 2.40 bits per heavy atom. The summed E-state index contributed by atoms with van der Waals surface area (Å²) in [5.74, 6) is 0.720. The third-order valence-electron chi connectivity index (χ3n) is 4.08. The number of hydrogen-bond donors (Lipinski definition) is 1. The molecule has 0 saturated heterocycles. The first-order chi connectivity index (χ1) is 11.9. The molecule has 1 rings (SSSR count). The maximum atomic E-state index is 12.6. The van der Waals surface area contributed by atoms with Gasteiger partial charge >= 0.3 is 0 Å². The molecule has 5 heteroatoms. The van der Waals surface area contributed by atoms with Gasteiger partial charge in [-0.25, -0.2) is 0 Å². The number of unbranched alkanes of at least 4 members (excludes halogenated alkanes) is 1. The van der Waals surface area contributed by atoms with Gasteiger partial charge in [-0.2, -0.15) is 0 Å². The van der Waals surface area contributed by atoms with Crippen LogP contribution in [0.1, 0.15) is 46.5 Å². The number of ether oxygens (including phenoxy) is 2. The van der Waals surface area contributed by atoms with Crippen LogP contribution in [0.3, 0.4) is 0 Å². The Morgan fingerprint density at radius 2 is 1.84 bits per heavy atom. The van der Waals surface area contributed by atoms with E-state index in [1.165, 1.54) is 0 Å². The standard InChI is InChI=1S/C20H34N2O3/c1-6-8-14-20(3,25-7-2)19(23)21-17-10-12-18(13-11-17)24-16-9-15-22(4)5/h10-13H,6-9,14-16H2,1-5H3,(H,21,23). The molecule has 1 aromatic carbocycles. The quantitative estimate of drug-likeness (QED) is 0.580. The van der Waals surface area contributed by atoms with E-state index in [0.717, 1.165) is 43.7 Å². The average Bonchev–Trinajstić information content (AvgIpc) is 2.58. The topological polar surface area (TPSA) is 50.8 Å². The molecule has 142 valence electrons. The molecular weight excluding hydrogens is 316 g/mol. The molecule has 1 amide bonds. The third kappa shape index (κ3) is 7.88. The van der Waals surface area contributed by atoms with Crippen molar-refractivity contribution < 1.29 is 14.3 Å². The summed E-state index contributed by atoms with van der Waals surface area (Å²) in [5.41, 5.74) is -0.0281. The Bertz CT molecular complexity index is 502. The van der Waals surface area contributed by atoms with Gasteiger partial charge in [-0.3, -0.25) is 4.79 Å². The summed E-state index contributed by atoms with van der Waals surface area (Å²) in [7, 11) is 4.10. The van der Waals surface area contributed by atoms with Crippen molar-refractivity contribution in [3.63, 3.8) is 0 Å². The van der Waals surface area contributed by atoms with E-state index in [9.17, 15) is 4.79 Å². The Balaban J connectivity index is 2.56. The highest BCUT2D eigenvalue weighted by molar-refractivity contribution is 5.97. The van der Waals surface area contributed by atoms with Crippen LogP contribution in [-0.2, 0) is 9.53 Å². The summed E-state index contributed by atoms with van der Waals surface area (Å²) in [6, 6.07) is 7.50. The molecule has 0 fully saturated rings. The van der Waals surface area contributed by atoms with Gasteiger partial charge in [0.2, 0.25) is 0 Å².